The van der Waals surface area contributed by atoms with Crippen LogP contribution in [0.1, 0.15) is 48.8 Å². The summed E-state index contributed by atoms with van der Waals surface area (Å²) in [4.78, 5) is 14.5. The minimum Gasteiger partial charge on any atom is -0.422 e. The van der Waals surface area contributed by atoms with E-state index in [1.165, 1.54) is 5.56 Å². The number of aliphatic hydroxyl groups excluding tert-OH is 1. The van der Waals surface area contributed by atoms with Crippen molar-refractivity contribution in [2.45, 2.75) is 58.6 Å². The van der Waals surface area contributed by atoms with Gasteiger partial charge in [-0.25, -0.2) is 4.79 Å². The molecule has 4 heteroatoms. The second-order valence-electron chi connectivity index (χ2n) is 8.13. The molecule has 2 atom stereocenters. The lowest BCUT2D eigenvalue weighted by Gasteiger charge is -2.42. The van der Waals surface area contributed by atoms with Crippen LogP contribution in [-0.2, 0) is 6.54 Å². The summed E-state index contributed by atoms with van der Waals surface area (Å²) in [6.45, 7) is 6.78. The number of hydrogen-bond acceptors (Lipinski definition) is 4. The Morgan fingerprint density at radius 3 is 2.80 bits per heavy atom. The molecule has 0 bridgehead atoms. The lowest BCUT2D eigenvalue weighted by Crippen LogP contribution is -2.46. The monoisotopic (exact) mass is 341 g/mol. The minimum absolute atomic E-state index is 0.0688. The molecule has 0 amide bonds. The van der Waals surface area contributed by atoms with Gasteiger partial charge >= 0.3 is 5.63 Å². The lowest BCUT2D eigenvalue weighted by molar-refractivity contribution is -0.0119. The van der Waals surface area contributed by atoms with Crippen LogP contribution >= 0.6 is 0 Å². The molecule has 1 N–H and O–H groups in total. The average Bonchev–Trinajstić information content (AvgIpc) is 2.89. The number of aryl methyl sites for hydroxylation is 2. The van der Waals surface area contributed by atoms with Crippen LogP contribution in [0.25, 0.3) is 11.0 Å². The molecule has 1 aliphatic heterocycles. The van der Waals surface area contributed by atoms with Crippen molar-refractivity contribution < 1.29 is 9.52 Å². The number of aliphatic hydroxyl groups is 1. The third-order valence-electron chi connectivity index (χ3n) is 6.20. The van der Waals surface area contributed by atoms with Crippen LogP contribution in [0.2, 0.25) is 0 Å². The first-order valence-corrected chi connectivity index (χ1v) is 9.41. The van der Waals surface area contributed by atoms with Gasteiger partial charge in [0.2, 0.25) is 0 Å². The van der Waals surface area contributed by atoms with E-state index in [4.69, 9.17) is 4.42 Å². The summed E-state index contributed by atoms with van der Waals surface area (Å²) in [6.07, 6.45) is 5.27. The number of piperidine rings is 1. The molecule has 2 aromatic rings. The highest BCUT2D eigenvalue weighted by molar-refractivity contribution is 5.83. The number of fused-ring (bicyclic) bond motifs is 1. The fourth-order valence-corrected chi connectivity index (χ4v) is 5.04. The SMILES string of the molecule is Cc1cc(C)c2oc(=O)cc(CN3CCC[C@@]4(CCC[C@H]4O)C3)c2c1. The van der Waals surface area contributed by atoms with Crippen molar-refractivity contribution in [2.24, 2.45) is 5.41 Å². The Morgan fingerprint density at radius 1 is 1.24 bits per heavy atom. The number of benzene rings is 1. The Balaban J connectivity index is 1.67. The predicted octanol–water partition coefficient (Wildman–Crippen LogP) is 3.54. The summed E-state index contributed by atoms with van der Waals surface area (Å²) in [5.74, 6) is 0. The molecule has 1 saturated heterocycles. The summed E-state index contributed by atoms with van der Waals surface area (Å²) in [5, 5.41) is 11.5. The molecule has 0 unspecified atom stereocenters. The molecule has 134 valence electrons. The van der Waals surface area contributed by atoms with E-state index in [0.29, 0.717) is 5.58 Å². The largest absolute Gasteiger partial charge is 0.422 e. The van der Waals surface area contributed by atoms with E-state index in [1.807, 2.05) is 6.92 Å². The predicted molar refractivity (Wildman–Crippen MR) is 98.8 cm³/mol. The van der Waals surface area contributed by atoms with E-state index < -0.39 is 0 Å². The molecule has 2 fully saturated rings. The van der Waals surface area contributed by atoms with Crippen molar-refractivity contribution in [3.63, 3.8) is 0 Å². The molecule has 1 aliphatic carbocycles. The lowest BCUT2D eigenvalue weighted by atomic mass is 9.76. The van der Waals surface area contributed by atoms with E-state index in [2.05, 4.69) is 24.0 Å². The Hall–Kier alpha value is -1.65. The molecule has 4 nitrogen and oxygen atoms in total. The van der Waals surface area contributed by atoms with Crippen molar-refractivity contribution in [2.75, 3.05) is 13.1 Å². The highest BCUT2D eigenvalue weighted by atomic mass is 16.4. The van der Waals surface area contributed by atoms with Crippen molar-refractivity contribution in [3.05, 3.63) is 45.3 Å². The van der Waals surface area contributed by atoms with Crippen LogP contribution < -0.4 is 5.63 Å². The average molecular weight is 341 g/mol. The molecule has 1 spiro atoms. The molecule has 2 heterocycles. The fourth-order valence-electron chi connectivity index (χ4n) is 5.04. The summed E-state index contributed by atoms with van der Waals surface area (Å²) in [6, 6.07) is 5.82. The fraction of sp³-hybridized carbons (Fsp3) is 0.571. The van der Waals surface area contributed by atoms with E-state index in [0.717, 1.165) is 68.3 Å². The smallest absolute Gasteiger partial charge is 0.336 e. The van der Waals surface area contributed by atoms with Gasteiger partial charge in [-0.3, -0.25) is 4.90 Å². The Kier molecular flexibility index (Phi) is 4.20. The van der Waals surface area contributed by atoms with Crippen molar-refractivity contribution in [1.29, 1.82) is 0 Å². The van der Waals surface area contributed by atoms with E-state index in [1.54, 1.807) is 6.07 Å². The first-order valence-electron chi connectivity index (χ1n) is 9.41. The molecular weight excluding hydrogens is 314 g/mol. The van der Waals surface area contributed by atoms with Gasteiger partial charge in [0.05, 0.1) is 6.10 Å². The first kappa shape index (κ1) is 16.8. The zero-order chi connectivity index (χ0) is 17.6. The maximum Gasteiger partial charge on any atom is 0.336 e. The quantitative estimate of drug-likeness (QED) is 0.849. The van der Waals surface area contributed by atoms with Gasteiger partial charge in [0.15, 0.2) is 0 Å². The van der Waals surface area contributed by atoms with Crippen LogP contribution in [0, 0.1) is 19.3 Å². The van der Waals surface area contributed by atoms with Gasteiger partial charge in [0, 0.05) is 30.0 Å². The second-order valence-corrected chi connectivity index (χ2v) is 8.13. The zero-order valence-corrected chi connectivity index (χ0v) is 15.2. The first-order chi connectivity index (χ1) is 12.0. The van der Waals surface area contributed by atoms with E-state index in [9.17, 15) is 9.90 Å². The number of hydrogen-bond donors (Lipinski definition) is 1. The van der Waals surface area contributed by atoms with Crippen LogP contribution in [0.3, 0.4) is 0 Å². The van der Waals surface area contributed by atoms with Gasteiger partial charge in [-0.05, 0) is 68.8 Å². The molecule has 1 aromatic heterocycles. The maximum atomic E-state index is 12.1. The van der Waals surface area contributed by atoms with E-state index >= 15 is 0 Å². The standard InChI is InChI=1S/C21H27NO3/c1-14-9-15(2)20-17(10-14)16(11-19(24)25-20)12-22-8-4-7-21(13-22)6-3-5-18(21)23/h9-11,18,23H,3-8,12-13H2,1-2H3/t18-,21+/m1/s1. The highest BCUT2D eigenvalue weighted by Gasteiger charge is 2.44. The number of rotatable bonds is 2. The summed E-state index contributed by atoms with van der Waals surface area (Å²) in [5.41, 5.74) is 3.74. The topological polar surface area (TPSA) is 53.7 Å². The Morgan fingerprint density at radius 2 is 2.04 bits per heavy atom. The third kappa shape index (κ3) is 3.02. The summed E-state index contributed by atoms with van der Waals surface area (Å²) in [7, 11) is 0. The van der Waals surface area contributed by atoms with Crippen molar-refractivity contribution in [3.8, 4) is 0 Å². The molecule has 0 radical (unpaired) electrons. The van der Waals surface area contributed by atoms with Crippen LogP contribution in [0.15, 0.2) is 27.4 Å². The van der Waals surface area contributed by atoms with Gasteiger partial charge < -0.3 is 9.52 Å². The van der Waals surface area contributed by atoms with Gasteiger partial charge in [-0.2, -0.15) is 0 Å². The zero-order valence-electron chi connectivity index (χ0n) is 15.2. The van der Waals surface area contributed by atoms with Gasteiger partial charge in [0.1, 0.15) is 5.58 Å². The number of nitrogens with zero attached hydrogens (tertiary/aromatic N) is 1. The molecule has 1 aromatic carbocycles. The molecule has 25 heavy (non-hydrogen) atoms. The molecule has 1 saturated carbocycles. The third-order valence-corrected chi connectivity index (χ3v) is 6.20. The minimum atomic E-state index is -0.276. The van der Waals surface area contributed by atoms with Crippen LogP contribution in [0.4, 0.5) is 0 Å². The van der Waals surface area contributed by atoms with Crippen LogP contribution in [-0.4, -0.2) is 29.2 Å². The second kappa shape index (κ2) is 6.26. The Bertz CT molecular complexity index is 856. The summed E-state index contributed by atoms with van der Waals surface area (Å²) < 4.78 is 5.47. The number of likely N-dealkylation sites (tertiary alicyclic amines) is 1. The van der Waals surface area contributed by atoms with Crippen LogP contribution in [0.5, 0.6) is 0 Å². The van der Waals surface area contributed by atoms with Crippen molar-refractivity contribution in [1.82, 2.24) is 4.90 Å². The maximum absolute atomic E-state index is 12.1. The molecule has 2 aliphatic rings. The molecular formula is C21H27NO3. The van der Waals surface area contributed by atoms with Gasteiger partial charge in [-0.1, -0.05) is 12.5 Å². The normalized spacial score (nSPS) is 27.4. The highest BCUT2D eigenvalue weighted by Crippen LogP contribution is 2.45. The molecule has 4 rings (SSSR count). The van der Waals surface area contributed by atoms with Crippen molar-refractivity contribution >= 4 is 11.0 Å². The van der Waals surface area contributed by atoms with Gasteiger partial charge in [-0.15, -0.1) is 0 Å². The van der Waals surface area contributed by atoms with E-state index in [-0.39, 0.29) is 17.1 Å². The summed E-state index contributed by atoms with van der Waals surface area (Å²) >= 11 is 0. The van der Waals surface area contributed by atoms with Gasteiger partial charge in [0.25, 0.3) is 0 Å². The Labute approximate surface area is 148 Å².